The number of rotatable bonds is 2. The Bertz CT molecular complexity index is 579. The predicted octanol–water partition coefficient (Wildman–Crippen LogP) is 3.89. The van der Waals surface area contributed by atoms with Gasteiger partial charge in [0.15, 0.2) is 0 Å². The molecule has 0 N–H and O–H groups in total. The molecule has 2 aromatic rings. The fraction of sp³-hybridized carbons (Fsp3) is 0.235. The number of benzene rings is 2. The summed E-state index contributed by atoms with van der Waals surface area (Å²) >= 11 is 0. The van der Waals surface area contributed by atoms with Crippen LogP contribution in [0.5, 0.6) is 0 Å². The topological polar surface area (TPSA) is 20.3 Å². The normalized spacial score (nSPS) is 10.3. The number of aryl methyl sites for hydroxylation is 3. The Morgan fingerprint density at radius 1 is 0.947 bits per heavy atom. The van der Waals surface area contributed by atoms with Gasteiger partial charge in [-0.1, -0.05) is 35.9 Å². The number of amides is 1. The molecule has 0 atom stereocenters. The lowest BCUT2D eigenvalue weighted by atomic mass is 9.98. The van der Waals surface area contributed by atoms with Crippen molar-refractivity contribution in [1.29, 1.82) is 0 Å². The van der Waals surface area contributed by atoms with Gasteiger partial charge in [-0.25, -0.2) is 0 Å². The maximum absolute atomic E-state index is 12.6. The van der Waals surface area contributed by atoms with Crippen molar-refractivity contribution >= 4 is 11.6 Å². The van der Waals surface area contributed by atoms with Gasteiger partial charge >= 0.3 is 0 Å². The summed E-state index contributed by atoms with van der Waals surface area (Å²) in [7, 11) is 1.82. The van der Waals surface area contributed by atoms with Crippen LogP contribution in [0.3, 0.4) is 0 Å². The van der Waals surface area contributed by atoms with Gasteiger partial charge in [0.1, 0.15) is 0 Å². The van der Waals surface area contributed by atoms with Gasteiger partial charge in [0.2, 0.25) is 0 Å². The zero-order valence-electron chi connectivity index (χ0n) is 11.9. The Kier molecular flexibility index (Phi) is 3.70. The lowest BCUT2D eigenvalue weighted by Gasteiger charge is -2.20. The van der Waals surface area contributed by atoms with Crippen LogP contribution in [0.4, 0.5) is 5.69 Å². The first kappa shape index (κ1) is 13.3. The number of carbonyl (C=O) groups excluding carboxylic acids is 1. The molecule has 1 amide bonds. The van der Waals surface area contributed by atoms with Crippen molar-refractivity contribution < 1.29 is 4.79 Å². The Balaban J connectivity index is 2.40. The van der Waals surface area contributed by atoms with E-state index in [9.17, 15) is 4.79 Å². The minimum atomic E-state index is 0.0428. The molecule has 2 heteroatoms. The number of hydrogen-bond acceptors (Lipinski definition) is 1. The standard InChI is InChI=1S/C17H19NO/c1-12-10-13(2)16(14(3)11-12)17(19)18(4)15-8-6-5-7-9-15/h5-11H,1-4H3. The lowest BCUT2D eigenvalue weighted by Crippen LogP contribution is -2.27. The van der Waals surface area contributed by atoms with E-state index >= 15 is 0 Å². The Morgan fingerprint density at radius 2 is 1.47 bits per heavy atom. The van der Waals surface area contributed by atoms with E-state index in [4.69, 9.17) is 0 Å². The van der Waals surface area contributed by atoms with Crippen molar-refractivity contribution in [1.82, 2.24) is 0 Å². The van der Waals surface area contributed by atoms with Crippen LogP contribution in [0, 0.1) is 20.8 Å². The zero-order valence-corrected chi connectivity index (χ0v) is 11.9. The molecule has 0 aliphatic carbocycles. The first-order valence-electron chi connectivity index (χ1n) is 6.41. The molecule has 0 aromatic heterocycles. The SMILES string of the molecule is Cc1cc(C)c(C(=O)N(C)c2ccccc2)c(C)c1. The van der Waals surface area contributed by atoms with Crippen molar-refractivity contribution in [3.05, 3.63) is 64.7 Å². The molecule has 0 bridgehead atoms. The van der Waals surface area contributed by atoms with Crippen LogP contribution in [0.25, 0.3) is 0 Å². The molecule has 19 heavy (non-hydrogen) atoms. The van der Waals surface area contributed by atoms with Crippen LogP contribution >= 0.6 is 0 Å². The molecule has 0 radical (unpaired) electrons. The third-order valence-electron chi connectivity index (χ3n) is 3.34. The third-order valence-corrected chi connectivity index (χ3v) is 3.34. The van der Waals surface area contributed by atoms with E-state index in [1.165, 1.54) is 5.56 Å². The van der Waals surface area contributed by atoms with Crippen LogP contribution in [0.2, 0.25) is 0 Å². The first-order chi connectivity index (χ1) is 9.00. The molecule has 98 valence electrons. The highest BCUT2D eigenvalue weighted by molar-refractivity contribution is 6.07. The van der Waals surface area contributed by atoms with Crippen molar-refractivity contribution in [3.63, 3.8) is 0 Å². The monoisotopic (exact) mass is 253 g/mol. The highest BCUT2D eigenvalue weighted by Gasteiger charge is 2.17. The first-order valence-corrected chi connectivity index (χ1v) is 6.41. The number of para-hydroxylation sites is 1. The maximum Gasteiger partial charge on any atom is 0.258 e. The van der Waals surface area contributed by atoms with E-state index < -0.39 is 0 Å². The van der Waals surface area contributed by atoms with Gasteiger partial charge < -0.3 is 4.90 Å². The molecular weight excluding hydrogens is 234 g/mol. The molecule has 2 rings (SSSR count). The van der Waals surface area contributed by atoms with Gasteiger partial charge in [-0.15, -0.1) is 0 Å². The van der Waals surface area contributed by atoms with E-state index in [0.717, 1.165) is 22.4 Å². The second-order valence-electron chi connectivity index (χ2n) is 4.97. The summed E-state index contributed by atoms with van der Waals surface area (Å²) in [6.45, 7) is 6.04. The Morgan fingerprint density at radius 3 is 2.00 bits per heavy atom. The Labute approximate surface area is 114 Å². The van der Waals surface area contributed by atoms with E-state index in [1.54, 1.807) is 4.90 Å². The van der Waals surface area contributed by atoms with Crippen molar-refractivity contribution in [3.8, 4) is 0 Å². The fourth-order valence-electron chi connectivity index (χ4n) is 2.45. The van der Waals surface area contributed by atoms with Gasteiger partial charge in [-0.2, -0.15) is 0 Å². The molecule has 0 aliphatic rings. The van der Waals surface area contributed by atoms with E-state index in [1.807, 2.05) is 51.2 Å². The van der Waals surface area contributed by atoms with E-state index in [-0.39, 0.29) is 5.91 Å². The third kappa shape index (κ3) is 2.68. The van der Waals surface area contributed by atoms with E-state index in [2.05, 4.69) is 19.1 Å². The van der Waals surface area contributed by atoms with Crippen LogP contribution in [0.15, 0.2) is 42.5 Å². The smallest absolute Gasteiger partial charge is 0.258 e. The van der Waals surface area contributed by atoms with Gasteiger partial charge in [0, 0.05) is 18.3 Å². The summed E-state index contributed by atoms with van der Waals surface area (Å²) in [5.41, 5.74) is 4.97. The molecule has 0 saturated carbocycles. The summed E-state index contributed by atoms with van der Waals surface area (Å²) in [4.78, 5) is 14.3. The summed E-state index contributed by atoms with van der Waals surface area (Å²) in [5, 5.41) is 0. The fourth-order valence-corrected chi connectivity index (χ4v) is 2.45. The van der Waals surface area contributed by atoms with Crippen molar-refractivity contribution in [2.24, 2.45) is 0 Å². The largest absolute Gasteiger partial charge is 0.311 e. The molecule has 0 saturated heterocycles. The number of hydrogen-bond donors (Lipinski definition) is 0. The highest BCUT2D eigenvalue weighted by atomic mass is 16.2. The summed E-state index contributed by atoms with van der Waals surface area (Å²) in [6, 6.07) is 13.8. The minimum absolute atomic E-state index is 0.0428. The molecular formula is C17H19NO. The quantitative estimate of drug-likeness (QED) is 0.795. The van der Waals surface area contributed by atoms with Crippen molar-refractivity contribution in [2.75, 3.05) is 11.9 Å². The molecule has 0 heterocycles. The predicted molar refractivity (Wildman–Crippen MR) is 79.8 cm³/mol. The molecule has 0 spiro atoms. The summed E-state index contributed by atoms with van der Waals surface area (Å²) < 4.78 is 0. The summed E-state index contributed by atoms with van der Waals surface area (Å²) in [6.07, 6.45) is 0. The molecule has 2 aromatic carbocycles. The molecule has 2 nitrogen and oxygen atoms in total. The second kappa shape index (κ2) is 5.27. The van der Waals surface area contributed by atoms with Crippen LogP contribution < -0.4 is 4.90 Å². The second-order valence-corrected chi connectivity index (χ2v) is 4.97. The van der Waals surface area contributed by atoms with Gasteiger partial charge in [0.05, 0.1) is 0 Å². The Hall–Kier alpha value is -2.09. The highest BCUT2D eigenvalue weighted by Crippen LogP contribution is 2.21. The van der Waals surface area contributed by atoms with Gasteiger partial charge in [-0.05, 0) is 44.0 Å². The van der Waals surface area contributed by atoms with Crippen molar-refractivity contribution in [2.45, 2.75) is 20.8 Å². The van der Waals surface area contributed by atoms with Crippen LogP contribution in [-0.2, 0) is 0 Å². The van der Waals surface area contributed by atoms with E-state index in [0.29, 0.717) is 0 Å². The number of carbonyl (C=O) groups is 1. The zero-order chi connectivity index (χ0) is 14.0. The average Bonchev–Trinajstić information content (AvgIpc) is 2.37. The summed E-state index contributed by atoms with van der Waals surface area (Å²) in [5.74, 6) is 0.0428. The number of nitrogens with zero attached hydrogens (tertiary/aromatic N) is 1. The minimum Gasteiger partial charge on any atom is -0.311 e. The average molecular weight is 253 g/mol. The molecule has 0 unspecified atom stereocenters. The van der Waals surface area contributed by atoms with Gasteiger partial charge in [0.25, 0.3) is 5.91 Å². The lowest BCUT2D eigenvalue weighted by molar-refractivity contribution is 0.0992. The van der Waals surface area contributed by atoms with Crippen LogP contribution in [-0.4, -0.2) is 13.0 Å². The number of anilines is 1. The van der Waals surface area contributed by atoms with Gasteiger partial charge in [-0.3, -0.25) is 4.79 Å². The maximum atomic E-state index is 12.6. The molecule has 0 fully saturated rings. The molecule has 0 aliphatic heterocycles. The van der Waals surface area contributed by atoms with Crippen LogP contribution in [0.1, 0.15) is 27.0 Å².